The molecule has 118 valence electrons. The van der Waals surface area contributed by atoms with Gasteiger partial charge in [0.1, 0.15) is 5.25 Å². The van der Waals surface area contributed by atoms with Crippen molar-refractivity contribution in [3.05, 3.63) is 42.7 Å². The lowest BCUT2D eigenvalue weighted by Gasteiger charge is -2.27. The number of nitrogens with one attached hydrogen (secondary N) is 1. The first kappa shape index (κ1) is 15.1. The Morgan fingerprint density at radius 2 is 2.05 bits per heavy atom. The molecule has 2 N–H and O–H groups in total. The van der Waals surface area contributed by atoms with Crippen molar-refractivity contribution in [2.45, 2.75) is 37.0 Å². The van der Waals surface area contributed by atoms with Crippen LogP contribution < -0.4 is 4.72 Å². The van der Waals surface area contributed by atoms with E-state index in [-0.39, 0.29) is 0 Å². The van der Waals surface area contributed by atoms with E-state index in [0.29, 0.717) is 18.5 Å². The number of benzene rings is 1. The van der Waals surface area contributed by atoms with Crippen LogP contribution >= 0.6 is 0 Å². The molecule has 2 aromatic rings. The highest BCUT2D eigenvalue weighted by molar-refractivity contribution is 7.93. The second-order valence-electron chi connectivity index (χ2n) is 5.54. The van der Waals surface area contributed by atoms with Crippen molar-refractivity contribution in [1.29, 1.82) is 0 Å². The number of anilines is 1. The van der Waals surface area contributed by atoms with Gasteiger partial charge in [0.15, 0.2) is 0 Å². The largest absolute Gasteiger partial charge is 0.392 e. The Balaban J connectivity index is 1.82. The Bertz CT molecular complexity index is 728. The quantitative estimate of drug-likeness (QED) is 0.901. The molecule has 0 bridgehead atoms. The lowest BCUT2D eigenvalue weighted by atomic mass is 9.97. The maximum atomic E-state index is 12.5. The van der Waals surface area contributed by atoms with Crippen LogP contribution in [0.4, 0.5) is 5.69 Å². The molecule has 1 aromatic carbocycles. The summed E-state index contributed by atoms with van der Waals surface area (Å²) in [5.74, 6) is 0. The highest BCUT2D eigenvalue weighted by Crippen LogP contribution is 2.26. The molecule has 0 spiro atoms. The molecule has 22 heavy (non-hydrogen) atoms. The van der Waals surface area contributed by atoms with Crippen molar-refractivity contribution in [2.75, 3.05) is 4.72 Å². The second kappa shape index (κ2) is 6.10. The van der Waals surface area contributed by atoms with Gasteiger partial charge in [-0.25, -0.2) is 13.1 Å². The molecule has 3 rings (SSSR count). The van der Waals surface area contributed by atoms with Gasteiger partial charge in [0.25, 0.3) is 0 Å². The van der Waals surface area contributed by atoms with Gasteiger partial charge in [0, 0.05) is 12.4 Å². The Labute approximate surface area is 129 Å². The smallest absolute Gasteiger partial charge is 0.238 e. The minimum atomic E-state index is -3.60. The van der Waals surface area contributed by atoms with Crippen LogP contribution in [0.2, 0.25) is 0 Å². The molecule has 2 atom stereocenters. The minimum Gasteiger partial charge on any atom is -0.392 e. The molecule has 1 fully saturated rings. The van der Waals surface area contributed by atoms with E-state index in [2.05, 4.69) is 9.82 Å². The van der Waals surface area contributed by atoms with Crippen LogP contribution in [0.3, 0.4) is 0 Å². The van der Waals surface area contributed by atoms with E-state index in [9.17, 15) is 13.5 Å². The Kier molecular flexibility index (Phi) is 4.17. The Morgan fingerprint density at radius 3 is 2.77 bits per heavy atom. The summed E-state index contributed by atoms with van der Waals surface area (Å²) in [7, 11) is -3.60. The van der Waals surface area contributed by atoms with Gasteiger partial charge in [-0.3, -0.25) is 4.72 Å². The van der Waals surface area contributed by atoms with Gasteiger partial charge in [-0.2, -0.15) is 5.10 Å². The van der Waals surface area contributed by atoms with Gasteiger partial charge in [-0.1, -0.05) is 18.9 Å². The van der Waals surface area contributed by atoms with Gasteiger partial charge < -0.3 is 5.11 Å². The predicted octanol–water partition coefficient (Wildman–Crippen LogP) is 1.92. The number of sulfonamides is 1. The summed E-state index contributed by atoms with van der Waals surface area (Å²) in [5, 5.41) is 13.3. The molecule has 0 amide bonds. The highest BCUT2D eigenvalue weighted by atomic mass is 32.2. The number of hydrogen-bond acceptors (Lipinski definition) is 4. The van der Waals surface area contributed by atoms with Crippen LogP contribution in [0, 0.1) is 0 Å². The van der Waals surface area contributed by atoms with Crippen molar-refractivity contribution >= 4 is 15.7 Å². The topological polar surface area (TPSA) is 84.2 Å². The van der Waals surface area contributed by atoms with Gasteiger partial charge in [0.2, 0.25) is 10.0 Å². The van der Waals surface area contributed by atoms with Gasteiger partial charge in [-0.05, 0) is 37.1 Å². The van der Waals surface area contributed by atoms with Crippen molar-refractivity contribution in [3.63, 3.8) is 0 Å². The first-order valence-corrected chi connectivity index (χ1v) is 8.91. The SMILES string of the molecule is O=S(=O)(Nc1cccc(-n2cccn2)c1)[C@H]1CCCC[C@H]1O. The zero-order valence-corrected chi connectivity index (χ0v) is 12.9. The molecular weight excluding hydrogens is 302 g/mol. The van der Waals surface area contributed by atoms with Crippen molar-refractivity contribution in [3.8, 4) is 5.69 Å². The fourth-order valence-corrected chi connectivity index (χ4v) is 4.45. The summed E-state index contributed by atoms with van der Waals surface area (Å²) in [6, 6.07) is 8.83. The number of rotatable bonds is 4. The summed E-state index contributed by atoms with van der Waals surface area (Å²) in [4.78, 5) is 0. The average Bonchev–Trinajstić information content (AvgIpc) is 3.01. The lowest BCUT2D eigenvalue weighted by molar-refractivity contribution is 0.133. The standard InChI is InChI=1S/C15H19N3O3S/c19-14-7-1-2-8-15(14)22(20,21)17-12-5-3-6-13(11-12)18-10-4-9-16-18/h3-6,9-11,14-15,17,19H,1-2,7-8H2/t14-,15+/m1/s1. The highest BCUT2D eigenvalue weighted by Gasteiger charge is 2.34. The number of nitrogens with zero attached hydrogens (tertiary/aromatic N) is 2. The zero-order valence-electron chi connectivity index (χ0n) is 12.1. The number of aliphatic hydroxyl groups excluding tert-OH is 1. The van der Waals surface area contributed by atoms with Crippen LogP contribution in [0.5, 0.6) is 0 Å². The van der Waals surface area contributed by atoms with E-state index in [1.54, 1.807) is 41.3 Å². The van der Waals surface area contributed by atoms with Gasteiger partial charge >= 0.3 is 0 Å². The summed E-state index contributed by atoms with van der Waals surface area (Å²) < 4.78 is 29.2. The molecular formula is C15H19N3O3S. The third-order valence-electron chi connectivity index (χ3n) is 3.94. The first-order chi connectivity index (χ1) is 10.6. The number of aliphatic hydroxyl groups is 1. The molecule has 0 unspecified atom stereocenters. The van der Waals surface area contributed by atoms with Crippen LogP contribution in [-0.2, 0) is 10.0 Å². The van der Waals surface area contributed by atoms with E-state index < -0.39 is 21.4 Å². The van der Waals surface area contributed by atoms with Crippen molar-refractivity contribution in [2.24, 2.45) is 0 Å². The monoisotopic (exact) mass is 321 g/mol. The number of hydrogen-bond donors (Lipinski definition) is 2. The van der Waals surface area contributed by atoms with Crippen LogP contribution in [0.15, 0.2) is 42.7 Å². The summed E-state index contributed by atoms with van der Waals surface area (Å²) in [6.07, 6.45) is 5.40. The van der Waals surface area contributed by atoms with Crippen LogP contribution in [0.25, 0.3) is 5.69 Å². The van der Waals surface area contributed by atoms with Gasteiger partial charge in [0.05, 0.1) is 17.5 Å². The minimum absolute atomic E-state index is 0.478. The normalized spacial score (nSPS) is 22.4. The van der Waals surface area contributed by atoms with Crippen LogP contribution in [0.1, 0.15) is 25.7 Å². The zero-order chi connectivity index (χ0) is 15.6. The molecule has 0 radical (unpaired) electrons. The molecule has 1 aromatic heterocycles. The molecule has 6 nitrogen and oxygen atoms in total. The van der Waals surface area contributed by atoms with E-state index in [1.165, 1.54) is 0 Å². The third-order valence-corrected chi connectivity index (χ3v) is 5.81. The van der Waals surface area contributed by atoms with Crippen molar-refractivity contribution < 1.29 is 13.5 Å². The molecule has 1 aliphatic carbocycles. The molecule has 0 saturated heterocycles. The third kappa shape index (κ3) is 3.15. The molecule has 1 heterocycles. The van der Waals surface area contributed by atoms with Crippen molar-refractivity contribution in [1.82, 2.24) is 9.78 Å². The summed E-state index contributed by atoms with van der Waals surface area (Å²) in [6.45, 7) is 0. The van der Waals surface area contributed by atoms with Gasteiger partial charge in [-0.15, -0.1) is 0 Å². The summed E-state index contributed by atoms with van der Waals surface area (Å²) >= 11 is 0. The predicted molar refractivity (Wildman–Crippen MR) is 84.4 cm³/mol. The Morgan fingerprint density at radius 1 is 1.23 bits per heavy atom. The van der Waals surface area contributed by atoms with E-state index >= 15 is 0 Å². The molecule has 0 aliphatic heterocycles. The summed E-state index contributed by atoms with van der Waals surface area (Å²) in [5.41, 5.74) is 1.25. The van der Waals surface area contributed by atoms with E-state index in [1.807, 2.05) is 6.07 Å². The molecule has 7 heteroatoms. The maximum absolute atomic E-state index is 12.5. The lowest BCUT2D eigenvalue weighted by Crippen LogP contribution is -2.40. The number of aromatic nitrogens is 2. The maximum Gasteiger partial charge on any atom is 0.238 e. The second-order valence-corrected chi connectivity index (χ2v) is 7.44. The van der Waals surface area contributed by atoms with E-state index in [4.69, 9.17) is 0 Å². The Hall–Kier alpha value is -1.86. The van der Waals surface area contributed by atoms with E-state index in [0.717, 1.165) is 18.5 Å². The molecule has 1 saturated carbocycles. The van der Waals surface area contributed by atoms with Crippen LogP contribution in [-0.4, -0.2) is 34.7 Å². The first-order valence-electron chi connectivity index (χ1n) is 7.36. The average molecular weight is 321 g/mol. The fourth-order valence-electron chi connectivity index (χ4n) is 2.81. The fraction of sp³-hybridized carbons (Fsp3) is 0.400. The molecule has 1 aliphatic rings.